The quantitative estimate of drug-likeness (QED) is 0.676. The molecule has 0 unspecified atom stereocenters. The maximum Gasteiger partial charge on any atom is 0.203 e. The molecule has 0 atom stereocenters. The van der Waals surface area contributed by atoms with Crippen LogP contribution >= 0.6 is 11.6 Å². The van der Waals surface area contributed by atoms with Gasteiger partial charge in [-0.25, -0.2) is 9.97 Å². The molecule has 2 aromatic carbocycles. The number of hydrogen-bond acceptors (Lipinski definition) is 6. The van der Waals surface area contributed by atoms with Gasteiger partial charge in [0, 0.05) is 22.5 Å². The first-order valence-corrected chi connectivity index (χ1v) is 8.47. The summed E-state index contributed by atoms with van der Waals surface area (Å²) in [4.78, 5) is 8.58. The Morgan fingerprint density at radius 3 is 2.50 bits per heavy atom. The van der Waals surface area contributed by atoms with Crippen molar-refractivity contribution >= 4 is 28.3 Å². The van der Waals surface area contributed by atoms with Crippen LogP contribution in [0.25, 0.3) is 10.9 Å². The SMILES string of the molecule is COc1ccc(CCNc2ncnc3cc(Cl)ccc23)c(OC)c1OC. The summed E-state index contributed by atoms with van der Waals surface area (Å²) in [6.45, 7) is 0.667. The van der Waals surface area contributed by atoms with Crippen LogP contribution in [-0.2, 0) is 6.42 Å². The van der Waals surface area contributed by atoms with E-state index in [9.17, 15) is 0 Å². The number of hydrogen-bond donors (Lipinski definition) is 1. The Hall–Kier alpha value is -2.73. The Bertz CT molecular complexity index is 918. The number of anilines is 1. The van der Waals surface area contributed by atoms with Crippen molar-refractivity contribution in [2.75, 3.05) is 33.2 Å². The minimum Gasteiger partial charge on any atom is -0.493 e. The lowest BCUT2D eigenvalue weighted by molar-refractivity contribution is 0.322. The minimum absolute atomic E-state index is 0.592. The molecule has 0 aliphatic rings. The average Bonchev–Trinajstić information content (AvgIpc) is 2.67. The highest BCUT2D eigenvalue weighted by Gasteiger charge is 2.15. The van der Waals surface area contributed by atoms with E-state index in [2.05, 4.69) is 15.3 Å². The number of ether oxygens (including phenoxy) is 3. The van der Waals surface area contributed by atoms with E-state index >= 15 is 0 Å². The van der Waals surface area contributed by atoms with Gasteiger partial charge in [0.2, 0.25) is 5.75 Å². The zero-order valence-electron chi connectivity index (χ0n) is 14.9. The first-order chi connectivity index (χ1) is 12.7. The highest BCUT2D eigenvalue weighted by molar-refractivity contribution is 6.31. The maximum atomic E-state index is 6.03. The molecule has 3 aromatic rings. The van der Waals surface area contributed by atoms with Crippen LogP contribution in [0.2, 0.25) is 5.02 Å². The van der Waals surface area contributed by atoms with Gasteiger partial charge >= 0.3 is 0 Å². The van der Waals surface area contributed by atoms with Crippen LogP contribution in [0.15, 0.2) is 36.7 Å². The molecule has 0 bridgehead atoms. The number of rotatable bonds is 7. The van der Waals surface area contributed by atoms with Gasteiger partial charge in [-0.2, -0.15) is 0 Å². The van der Waals surface area contributed by atoms with E-state index in [1.54, 1.807) is 21.3 Å². The van der Waals surface area contributed by atoms with Crippen molar-refractivity contribution in [2.45, 2.75) is 6.42 Å². The van der Waals surface area contributed by atoms with Crippen molar-refractivity contribution < 1.29 is 14.2 Å². The van der Waals surface area contributed by atoms with Gasteiger partial charge in [0.15, 0.2) is 11.5 Å². The summed E-state index contributed by atoms with van der Waals surface area (Å²) in [6.07, 6.45) is 2.25. The lowest BCUT2D eigenvalue weighted by Crippen LogP contribution is -2.08. The zero-order valence-corrected chi connectivity index (χ0v) is 15.6. The molecule has 1 aromatic heterocycles. The number of benzene rings is 2. The van der Waals surface area contributed by atoms with Gasteiger partial charge in [-0.05, 0) is 30.7 Å². The molecule has 3 rings (SSSR count). The van der Waals surface area contributed by atoms with E-state index in [0.717, 1.165) is 28.7 Å². The number of halogens is 1. The third kappa shape index (κ3) is 3.60. The van der Waals surface area contributed by atoms with Crippen LogP contribution in [0.1, 0.15) is 5.56 Å². The van der Waals surface area contributed by atoms with Gasteiger partial charge in [-0.15, -0.1) is 0 Å². The van der Waals surface area contributed by atoms with Crippen molar-refractivity contribution in [3.8, 4) is 17.2 Å². The fourth-order valence-corrected chi connectivity index (χ4v) is 3.01. The molecule has 1 N–H and O–H groups in total. The second-order valence-electron chi connectivity index (χ2n) is 5.55. The topological polar surface area (TPSA) is 65.5 Å². The molecule has 1 heterocycles. The Balaban J connectivity index is 1.78. The van der Waals surface area contributed by atoms with Gasteiger partial charge in [0.25, 0.3) is 0 Å². The normalized spacial score (nSPS) is 10.6. The second kappa shape index (κ2) is 8.10. The summed E-state index contributed by atoms with van der Waals surface area (Å²) in [7, 11) is 4.82. The van der Waals surface area contributed by atoms with Gasteiger partial charge in [0.1, 0.15) is 12.1 Å². The molecule has 0 aliphatic heterocycles. The summed E-state index contributed by atoms with van der Waals surface area (Å²) in [6, 6.07) is 9.41. The Morgan fingerprint density at radius 2 is 1.77 bits per heavy atom. The monoisotopic (exact) mass is 373 g/mol. The van der Waals surface area contributed by atoms with Gasteiger partial charge in [-0.3, -0.25) is 0 Å². The van der Waals surface area contributed by atoms with Crippen molar-refractivity contribution in [1.82, 2.24) is 9.97 Å². The summed E-state index contributed by atoms with van der Waals surface area (Å²) < 4.78 is 16.3. The van der Waals surface area contributed by atoms with Crippen molar-refractivity contribution in [3.05, 3.63) is 47.2 Å². The van der Waals surface area contributed by atoms with Crippen LogP contribution in [0.5, 0.6) is 17.2 Å². The number of fused-ring (bicyclic) bond motifs is 1. The Morgan fingerprint density at radius 1 is 0.962 bits per heavy atom. The molecular weight excluding hydrogens is 354 g/mol. The molecular formula is C19H20ClN3O3. The molecule has 26 heavy (non-hydrogen) atoms. The first kappa shape index (κ1) is 18.1. The molecule has 0 aliphatic carbocycles. The van der Waals surface area contributed by atoms with E-state index in [0.29, 0.717) is 28.8 Å². The van der Waals surface area contributed by atoms with Gasteiger partial charge in [0.05, 0.1) is 26.8 Å². The summed E-state index contributed by atoms with van der Waals surface area (Å²) in [5.41, 5.74) is 1.82. The molecule has 0 amide bonds. The summed E-state index contributed by atoms with van der Waals surface area (Å²) in [5.74, 6) is 2.67. The number of aromatic nitrogens is 2. The summed E-state index contributed by atoms with van der Waals surface area (Å²) in [5, 5.41) is 4.93. The van der Waals surface area contributed by atoms with E-state index in [-0.39, 0.29) is 0 Å². The number of nitrogens with one attached hydrogen (secondary N) is 1. The van der Waals surface area contributed by atoms with Crippen LogP contribution in [-0.4, -0.2) is 37.8 Å². The van der Waals surface area contributed by atoms with Crippen LogP contribution in [0.3, 0.4) is 0 Å². The Labute approximate surface area is 157 Å². The van der Waals surface area contributed by atoms with E-state index < -0.39 is 0 Å². The maximum absolute atomic E-state index is 6.03. The summed E-state index contributed by atoms with van der Waals surface area (Å²) >= 11 is 6.03. The largest absolute Gasteiger partial charge is 0.493 e. The van der Waals surface area contributed by atoms with Crippen molar-refractivity contribution in [1.29, 1.82) is 0 Å². The molecule has 6 nitrogen and oxygen atoms in total. The highest BCUT2D eigenvalue weighted by Crippen LogP contribution is 2.39. The van der Waals surface area contributed by atoms with E-state index in [1.807, 2.05) is 30.3 Å². The first-order valence-electron chi connectivity index (χ1n) is 8.10. The van der Waals surface area contributed by atoms with Gasteiger partial charge < -0.3 is 19.5 Å². The van der Waals surface area contributed by atoms with Crippen LogP contribution in [0.4, 0.5) is 5.82 Å². The fraction of sp³-hybridized carbons (Fsp3) is 0.263. The molecule has 0 saturated heterocycles. The van der Waals surface area contributed by atoms with Crippen molar-refractivity contribution in [3.63, 3.8) is 0 Å². The predicted octanol–water partition coefficient (Wildman–Crippen LogP) is 3.96. The third-order valence-electron chi connectivity index (χ3n) is 4.07. The average molecular weight is 374 g/mol. The van der Waals surface area contributed by atoms with Crippen molar-refractivity contribution in [2.24, 2.45) is 0 Å². The number of nitrogens with zero attached hydrogens (tertiary/aromatic N) is 2. The smallest absolute Gasteiger partial charge is 0.203 e. The lowest BCUT2D eigenvalue weighted by atomic mass is 10.1. The fourth-order valence-electron chi connectivity index (χ4n) is 2.85. The lowest BCUT2D eigenvalue weighted by Gasteiger charge is -2.16. The number of methoxy groups -OCH3 is 3. The van der Waals surface area contributed by atoms with E-state index in [1.165, 1.54) is 6.33 Å². The van der Waals surface area contributed by atoms with Crippen LogP contribution in [0, 0.1) is 0 Å². The zero-order chi connectivity index (χ0) is 18.5. The molecule has 7 heteroatoms. The molecule has 0 saturated carbocycles. The van der Waals surface area contributed by atoms with Gasteiger partial charge in [-0.1, -0.05) is 17.7 Å². The molecule has 0 spiro atoms. The molecule has 136 valence electrons. The minimum atomic E-state index is 0.592. The Kier molecular flexibility index (Phi) is 5.63. The third-order valence-corrected chi connectivity index (χ3v) is 4.31. The highest BCUT2D eigenvalue weighted by atomic mass is 35.5. The predicted molar refractivity (Wildman–Crippen MR) is 103 cm³/mol. The van der Waals surface area contributed by atoms with E-state index in [4.69, 9.17) is 25.8 Å². The molecule has 0 fully saturated rings. The van der Waals surface area contributed by atoms with Crippen LogP contribution < -0.4 is 19.5 Å². The second-order valence-corrected chi connectivity index (χ2v) is 5.99. The standard InChI is InChI=1S/C19H20ClN3O3/c1-24-16-7-4-12(17(25-2)18(16)26-3)8-9-21-19-14-6-5-13(20)10-15(14)22-11-23-19/h4-7,10-11H,8-9H2,1-3H3,(H,21,22,23). The molecule has 0 radical (unpaired) electrons.